The smallest absolute Gasteiger partial charge is 0.157 e. The van der Waals surface area contributed by atoms with Crippen LogP contribution in [-0.4, -0.2) is 48.5 Å². The number of fused-ring (bicyclic) bond motifs is 1. The van der Waals surface area contributed by atoms with E-state index >= 15 is 0 Å². The lowest BCUT2D eigenvalue weighted by Gasteiger charge is -2.28. The number of thiophene rings is 1. The number of hydrogen-bond donors (Lipinski definition) is 2. The second-order valence-corrected chi connectivity index (χ2v) is 9.29. The van der Waals surface area contributed by atoms with E-state index in [4.69, 9.17) is 4.74 Å². The highest BCUT2D eigenvalue weighted by molar-refractivity contribution is 7.15. The van der Waals surface area contributed by atoms with Gasteiger partial charge < -0.3 is 20.3 Å². The fourth-order valence-corrected chi connectivity index (χ4v) is 5.22. The minimum absolute atomic E-state index is 0.0973. The van der Waals surface area contributed by atoms with Crippen LogP contribution < -0.4 is 15.5 Å². The molecule has 1 fully saturated rings. The number of morpholine rings is 1. The SMILES string of the molecule is CNCc1ccccc1-c1ccc(C(C)Nc2nncc3cnc(N4CCOCC4)cc23)s1. The summed E-state index contributed by atoms with van der Waals surface area (Å²) < 4.78 is 5.48. The topological polar surface area (TPSA) is 75.2 Å². The van der Waals surface area contributed by atoms with Crippen molar-refractivity contribution in [3.05, 3.63) is 65.3 Å². The number of rotatable bonds is 7. The molecule has 170 valence electrons. The minimum Gasteiger partial charge on any atom is -0.378 e. The van der Waals surface area contributed by atoms with E-state index in [0.717, 1.165) is 55.3 Å². The molecule has 4 aromatic rings. The van der Waals surface area contributed by atoms with Crippen LogP contribution in [0.5, 0.6) is 0 Å². The number of benzene rings is 1. The number of anilines is 2. The van der Waals surface area contributed by atoms with E-state index in [-0.39, 0.29) is 6.04 Å². The molecular formula is C25H28N6OS. The van der Waals surface area contributed by atoms with Gasteiger partial charge in [0, 0.05) is 46.4 Å². The first kappa shape index (κ1) is 21.8. The maximum absolute atomic E-state index is 5.48. The third kappa shape index (κ3) is 4.68. The lowest BCUT2D eigenvalue weighted by molar-refractivity contribution is 0.122. The summed E-state index contributed by atoms with van der Waals surface area (Å²) in [5.74, 6) is 1.73. The third-order valence-electron chi connectivity index (χ3n) is 5.92. The van der Waals surface area contributed by atoms with Gasteiger partial charge in [-0.3, -0.25) is 0 Å². The Morgan fingerprint density at radius 2 is 1.97 bits per heavy atom. The fraction of sp³-hybridized carbons (Fsp3) is 0.320. The quantitative estimate of drug-likeness (QED) is 0.421. The molecule has 7 nitrogen and oxygen atoms in total. The van der Waals surface area contributed by atoms with Gasteiger partial charge in [-0.15, -0.1) is 16.4 Å². The lowest BCUT2D eigenvalue weighted by Crippen LogP contribution is -2.36. The molecule has 0 aliphatic carbocycles. The molecule has 0 bridgehead atoms. The van der Waals surface area contributed by atoms with Crippen molar-refractivity contribution in [3.8, 4) is 10.4 Å². The predicted molar refractivity (Wildman–Crippen MR) is 135 cm³/mol. The van der Waals surface area contributed by atoms with Crippen molar-refractivity contribution in [2.75, 3.05) is 43.6 Å². The largest absolute Gasteiger partial charge is 0.378 e. The van der Waals surface area contributed by atoms with Gasteiger partial charge in [0.05, 0.1) is 25.5 Å². The van der Waals surface area contributed by atoms with Crippen molar-refractivity contribution >= 4 is 33.7 Å². The van der Waals surface area contributed by atoms with Crippen molar-refractivity contribution in [2.24, 2.45) is 0 Å². The van der Waals surface area contributed by atoms with Crippen molar-refractivity contribution in [1.29, 1.82) is 0 Å². The fourth-order valence-electron chi connectivity index (χ4n) is 4.15. The Morgan fingerprint density at radius 1 is 1.12 bits per heavy atom. The number of ether oxygens (including phenoxy) is 1. The van der Waals surface area contributed by atoms with Crippen LogP contribution in [0.3, 0.4) is 0 Å². The molecule has 1 atom stereocenters. The Balaban J connectivity index is 1.40. The van der Waals surface area contributed by atoms with E-state index < -0.39 is 0 Å². The standard InChI is InChI=1S/C25H28N6OS/c1-17(22-7-8-23(33-22)20-6-4-3-5-18(20)14-26-2)29-25-21-13-24(31-9-11-32-12-10-31)27-15-19(21)16-28-30-25/h3-8,13,15-17,26H,9-12,14H2,1-2H3,(H,29,30). The normalized spacial score (nSPS) is 15.0. The van der Waals surface area contributed by atoms with E-state index in [1.165, 1.54) is 20.9 Å². The number of nitrogens with zero attached hydrogens (tertiary/aromatic N) is 4. The van der Waals surface area contributed by atoms with Gasteiger partial charge in [0.1, 0.15) is 5.82 Å². The van der Waals surface area contributed by atoms with Gasteiger partial charge in [0.25, 0.3) is 0 Å². The lowest BCUT2D eigenvalue weighted by atomic mass is 10.1. The van der Waals surface area contributed by atoms with Crippen LogP contribution in [0.25, 0.3) is 21.2 Å². The summed E-state index contributed by atoms with van der Waals surface area (Å²) in [4.78, 5) is 9.42. The van der Waals surface area contributed by atoms with Crippen molar-refractivity contribution in [1.82, 2.24) is 20.5 Å². The Labute approximate surface area is 197 Å². The van der Waals surface area contributed by atoms with Crippen LogP contribution in [0.1, 0.15) is 23.4 Å². The van der Waals surface area contributed by atoms with Crippen molar-refractivity contribution in [2.45, 2.75) is 19.5 Å². The number of hydrogen-bond acceptors (Lipinski definition) is 8. The monoisotopic (exact) mass is 460 g/mol. The third-order valence-corrected chi connectivity index (χ3v) is 7.22. The highest BCUT2D eigenvalue weighted by Gasteiger charge is 2.17. The molecular weight excluding hydrogens is 432 g/mol. The maximum Gasteiger partial charge on any atom is 0.157 e. The van der Waals surface area contributed by atoms with Gasteiger partial charge >= 0.3 is 0 Å². The second kappa shape index (κ2) is 9.82. The molecule has 5 rings (SSSR count). The van der Waals surface area contributed by atoms with Gasteiger partial charge in [0.15, 0.2) is 5.82 Å². The molecule has 0 radical (unpaired) electrons. The molecule has 1 aromatic carbocycles. The predicted octanol–water partition coefficient (Wildman–Crippen LogP) is 4.48. The minimum atomic E-state index is 0.0973. The Morgan fingerprint density at radius 3 is 2.82 bits per heavy atom. The Hall–Kier alpha value is -3.07. The van der Waals surface area contributed by atoms with E-state index in [9.17, 15) is 0 Å². The summed E-state index contributed by atoms with van der Waals surface area (Å²) in [5, 5.41) is 17.5. The molecule has 1 saturated heterocycles. The van der Waals surface area contributed by atoms with Gasteiger partial charge in [-0.1, -0.05) is 24.3 Å². The highest BCUT2D eigenvalue weighted by atomic mass is 32.1. The average molecular weight is 461 g/mol. The van der Waals surface area contributed by atoms with Crippen LogP contribution in [0.15, 0.2) is 54.9 Å². The molecule has 0 spiro atoms. The maximum atomic E-state index is 5.48. The molecule has 33 heavy (non-hydrogen) atoms. The first-order valence-corrected chi connectivity index (χ1v) is 12.1. The van der Waals surface area contributed by atoms with Crippen LogP contribution in [0, 0.1) is 0 Å². The molecule has 4 heterocycles. The number of aromatic nitrogens is 3. The summed E-state index contributed by atoms with van der Waals surface area (Å²) in [6, 6.07) is 15.2. The average Bonchev–Trinajstić information content (AvgIpc) is 3.35. The zero-order valence-corrected chi connectivity index (χ0v) is 19.7. The Kier molecular flexibility index (Phi) is 6.48. The molecule has 0 saturated carbocycles. The van der Waals surface area contributed by atoms with Crippen LogP contribution >= 0.6 is 11.3 Å². The molecule has 3 aromatic heterocycles. The molecule has 1 aliphatic rings. The highest BCUT2D eigenvalue weighted by Crippen LogP contribution is 2.35. The summed E-state index contributed by atoms with van der Waals surface area (Å²) in [6.07, 6.45) is 3.65. The molecule has 8 heteroatoms. The summed E-state index contributed by atoms with van der Waals surface area (Å²) in [7, 11) is 1.98. The van der Waals surface area contributed by atoms with Crippen molar-refractivity contribution < 1.29 is 4.74 Å². The van der Waals surface area contributed by atoms with Crippen molar-refractivity contribution in [3.63, 3.8) is 0 Å². The summed E-state index contributed by atoms with van der Waals surface area (Å²) in [6.45, 7) is 6.18. The van der Waals surface area contributed by atoms with E-state index in [0.29, 0.717) is 0 Å². The van der Waals surface area contributed by atoms with E-state index in [1.807, 2.05) is 24.6 Å². The molecule has 1 unspecified atom stereocenters. The Bertz CT molecular complexity index is 1240. The van der Waals surface area contributed by atoms with E-state index in [1.54, 1.807) is 6.20 Å². The summed E-state index contributed by atoms with van der Waals surface area (Å²) >= 11 is 1.81. The first-order chi connectivity index (χ1) is 16.2. The van der Waals surface area contributed by atoms with Gasteiger partial charge in [-0.05, 0) is 43.3 Å². The van der Waals surface area contributed by atoms with Gasteiger partial charge in [0.2, 0.25) is 0 Å². The van der Waals surface area contributed by atoms with Gasteiger partial charge in [-0.2, -0.15) is 5.10 Å². The molecule has 1 aliphatic heterocycles. The van der Waals surface area contributed by atoms with Crippen LogP contribution in [-0.2, 0) is 11.3 Å². The summed E-state index contributed by atoms with van der Waals surface area (Å²) in [5.41, 5.74) is 2.58. The zero-order valence-electron chi connectivity index (χ0n) is 18.9. The first-order valence-electron chi connectivity index (χ1n) is 11.3. The number of pyridine rings is 1. The molecule has 2 N–H and O–H groups in total. The zero-order chi connectivity index (χ0) is 22.6. The van der Waals surface area contributed by atoms with Gasteiger partial charge in [-0.25, -0.2) is 4.98 Å². The van der Waals surface area contributed by atoms with Crippen LogP contribution in [0.2, 0.25) is 0 Å². The van der Waals surface area contributed by atoms with E-state index in [2.05, 4.69) is 80.1 Å². The molecule has 0 amide bonds. The van der Waals surface area contributed by atoms with Crippen LogP contribution in [0.4, 0.5) is 11.6 Å². The number of nitrogens with one attached hydrogen (secondary N) is 2. The second-order valence-electron chi connectivity index (χ2n) is 8.18.